The van der Waals surface area contributed by atoms with Crippen LogP contribution in [0.1, 0.15) is 32.1 Å². The highest BCUT2D eigenvalue weighted by atomic mass is 16.5. The fourth-order valence-electron chi connectivity index (χ4n) is 3.77. The van der Waals surface area contributed by atoms with Gasteiger partial charge in [0.2, 0.25) is 17.8 Å². The van der Waals surface area contributed by atoms with Crippen LogP contribution in [0.5, 0.6) is 5.75 Å². The van der Waals surface area contributed by atoms with Gasteiger partial charge in [-0.3, -0.25) is 14.9 Å². The van der Waals surface area contributed by atoms with E-state index in [0.717, 1.165) is 38.8 Å². The number of carbonyl (C=O) groups excluding carboxylic acids is 3. The normalized spacial score (nSPS) is 19.7. The Labute approximate surface area is 181 Å². The molecule has 0 aromatic heterocycles. The van der Waals surface area contributed by atoms with Gasteiger partial charge in [-0.2, -0.15) is 0 Å². The number of hydrogen-bond donors (Lipinski definition) is 3. The number of hydrogen-bond acceptors (Lipinski definition) is 5. The molecule has 4 amide bonds. The minimum Gasteiger partial charge on any atom is -0.497 e. The molecular weight excluding hydrogens is 400 g/mol. The quantitative estimate of drug-likeness (QED) is 0.476. The Bertz CT molecular complexity index is 820. The van der Waals surface area contributed by atoms with E-state index < -0.39 is 12.1 Å². The number of primary amides is 1. The summed E-state index contributed by atoms with van der Waals surface area (Å²) in [6.45, 7) is 2.09. The summed E-state index contributed by atoms with van der Waals surface area (Å²) >= 11 is 0. The molecule has 0 bridgehead atoms. The first kappa shape index (κ1) is 22.4. The van der Waals surface area contributed by atoms with Gasteiger partial charge in [-0.25, -0.2) is 9.79 Å². The summed E-state index contributed by atoms with van der Waals surface area (Å²) in [5.41, 5.74) is 5.94. The van der Waals surface area contributed by atoms with Gasteiger partial charge >= 0.3 is 6.03 Å². The van der Waals surface area contributed by atoms with Crippen LogP contribution >= 0.6 is 0 Å². The Balaban J connectivity index is 1.73. The van der Waals surface area contributed by atoms with Crippen molar-refractivity contribution in [1.29, 1.82) is 0 Å². The van der Waals surface area contributed by atoms with Crippen molar-refractivity contribution in [3.8, 4) is 5.75 Å². The number of likely N-dealkylation sites (tertiary alicyclic amines) is 2. The van der Waals surface area contributed by atoms with Gasteiger partial charge in [-0.05, 0) is 56.4 Å². The highest BCUT2D eigenvalue weighted by molar-refractivity contribution is 6.04. The predicted molar refractivity (Wildman–Crippen MR) is 117 cm³/mol. The van der Waals surface area contributed by atoms with Crippen molar-refractivity contribution in [3.05, 3.63) is 24.3 Å². The Morgan fingerprint density at radius 1 is 1.13 bits per heavy atom. The number of methoxy groups -OCH3 is 1. The van der Waals surface area contributed by atoms with E-state index in [0.29, 0.717) is 24.4 Å². The molecule has 0 spiro atoms. The van der Waals surface area contributed by atoms with Gasteiger partial charge in [-0.15, -0.1) is 0 Å². The standard InChI is InChI=1S/C21H30N6O4/c1-31-16-9-7-15(8-10-16)23-21(25-20(22)30)24-17-6-2-3-13-27(19(17)29)14-18(28)26-11-4-5-12-26/h7-10,17H,2-6,11-14H2,1H3,(H4,22,23,24,25,30). The molecule has 0 aliphatic carbocycles. The number of carbonyl (C=O) groups is 3. The number of urea groups is 1. The minimum atomic E-state index is -0.790. The van der Waals surface area contributed by atoms with Crippen molar-refractivity contribution in [2.75, 3.05) is 38.6 Å². The molecule has 10 heteroatoms. The van der Waals surface area contributed by atoms with Crippen LogP contribution in [-0.2, 0) is 9.59 Å². The first-order valence-electron chi connectivity index (χ1n) is 10.6. The number of nitrogens with one attached hydrogen (secondary N) is 2. The number of nitrogens with two attached hydrogens (primary N) is 1. The second-order valence-corrected chi connectivity index (χ2v) is 7.68. The molecule has 2 aliphatic rings. The van der Waals surface area contributed by atoms with Gasteiger partial charge in [-0.1, -0.05) is 0 Å². The van der Waals surface area contributed by atoms with E-state index in [1.54, 1.807) is 36.3 Å². The van der Waals surface area contributed by atoms with Crippen LogP contribution in [0.2, 0.25) is 0 Å². The second-order valence-electron chi connectivity index (χ2n) is 7.68. The van der Waals surface area contributed by atoms with Crippen LogP contribution in [0.25, 0.3) is 0 Å². The molecule has 10 nitrogen and oxygen atoms in total. The maximum absolute atomic E-state index is 13.1. The molecule has 0 radical (unpaired) electrons. The number of benzene rings is 1. The lowest BCUT2D eigenvalue weighted by atomic mass is 10.1. The van der Waals surface area contributed by atoms with Crippen LogP contribution in [0.3, 0.4) is 0 Å². The third-order valence-corrected chi connectivity index (χ3v) is 5.42. The monoisotopic (exact) mass is 430 g/mol. The summed E-state index contributed by atoms with van der Waals surface area (Å²) < 4.78 is 5.14. The smallest absolute Gasteiger partial charge is 0.318 e. The Kier molecular flexibility index (Phi) is 7.69. The average molecular weight is 431 g/mol. The fraction of sp³-hybridized carbons (Fsp3) is 0.524. The molecule has 2 aliphatic heterocycles. The van der Waals surface area contributed by atoms with Crippen molar-refractivity contribution in [1.82, 2.24) is 15.1 Å². The van der Waals surface area contributed by atoms with Crippen molar-refractivity contribution >= 4 is 29.5 Å². The van der Waals surface area contributed by atoms with E-state index in [1.807, 2.05) is 4.90 Å². The van der Waals surface area contributed by atoms with E-state index in [9.17, 15) is 14.4 Å². The van der Waals surface area contributed by atoms with Gasteiger partial charge in [0.1, 0.15) is 11.8 Å². The van der Waals surface area contributed by atoms with Gasteiger partial charge < -0.3 is 25.6 Å². The topological polar surface area (TPSA) is 129 Å². The lowest BCUT2D eigenvalue weighted by molar-refractivity contribution is -0.140. The number of guanidine groups is 1. The average Bonchev–Trinajstić information content (AvgIpc) is 3.24. The number of rotatable bonds is 5. The van der Waals surface area contributed by atoms with Gasteiger partial charge in [0.15, 0.2) is 0 Å². The zero-order valence-corrected chi connectivity index (χ0v) is 17.8. The highest BCUT2D eigenvalue weighted by Gasteiger charge is 2.30. The number of nitrogens with zero attached hydrogens (tertiary/aromatic N) is 3. The zero-order chi connectivity index (χ0) is 22.2. The van der Waals surface area contributed by atoms with Crippen molar-refractivity contribution < 1.29 is 19.1 Å². The Hall–Kier alpha value is -3.30. The molecule has 2 fully saturated rings. The largest absolute Gasteiger partial charge is 0.497 e. The maximum atomic E-state index is 13.1. The van der Waals surface area contributed by atoms with E-state index >= 15 is 0 Å². The van der Waals surface area contributed by atoms with Crippen molar-refractivity contribution in [3.63, 3.8) is 0 Å². The predicted octanol–water partition coefficient (Wildman–Crippen LogP) is 1.13. The number of amides is 4. The first-order chi connectivity index (χ1) is 15.0. The third kappa shape index (κ3) is 6.34. The lowest BCUT2D eigenvalue weighted by Crippen LogP contribution is -2.46. The van der Waals surface area contributed by atoms with Crippen LogP contribution in [0.4, 0.5) is 10.5 Å². The SMILES string of the molecule is COc1ccc(NC(=NC2CCCCN(CC(=O)N3CCCC3)C2=O)NC(N)=O)cc1. The summed E-state index contributed by atoms with van der Waals surface area (Å²) in [5.74, 6) is 0.528. The fourth-order valence-corrected chi connectivity index (χ4v) is 3.77. The first-order valence-corrected chi connectivity index (χ1v) is 10.6. The summed E-state index contributed by atoms with van der Waals surface area (Å²) in [6, 6.07) is 5.53. The zero-order valence-electron chi connectivity index (χ0n) is 17.8. The molecule has 3 rings (SSSR count). The van der Waals surface area contributed by atoms with Crippen LogP contribution in [0, 0.1) is 0 Å². The molecule has 1 aromatic rings. The molecule has 168 valence electrons. The third-order valence-electron chi connectivity index (χ3n) is 5.42. The summed E-state index contributed by atoms with van der Waals surface area (Å²) in [4.78, 5) is 45.0. The molecule has 0 saturated carbocycles. The van der Waals surface area contributed by atoms with E-state index in [1.165, 1.54) is 0 Å². The van der Waals surface area contributed by atoms with E-state index in [4.69, 9.17) is 10.5 Å². The van der Waals surface area contributed by atoms with Crippen molar-refractivity contribution in [2.45, 2.75) is 38.1 Å². The van der Waals surface area contributed by atoms with Gasteiger partial charge in [0.05, 0.1) is 13.7 Å². The summed E-state index contributed by atoms with van der Waals surface area (Å²) in [5, 5.41) is 5.43. The molecular formula is C21H30N6O4. The molecule has 1 unspecified atom stereocenters. The molecule has 2 heterocycles. The maximum Gasteiger partial charge on any atom is 0.318 e. The Morgan fingerprint density at radius 3 is 2.45 bits per heavy atom. The van der Waals surface area contributed by atoms with Crippen LogP contribution in [-0.4, -0.2) is 72.9 Å². The summed E-state index contributed by atoms with van der Waals surface area (Å²) in [6.07, 6.45) is 4.13. The molecule has 2 saturated heterocycles. The lowest BCUT2D eigenvalue weighted by Gasteiger charge is -2.25. The van der Waals surface area contributed by atoms with Crippen LogP contribution < -0.4 is 21.1 Å². The molecule has 1 aromatic carbocycles. The number of ether oxygens (including phenoxy) is 1. The van der Waals surface area contributed by atoms with E-state index in [-0.39, 0.29) is 24.3 Å². The van der Waals surface area contributed by atoms with E-state index in [2.05, 4.69) is 15.6 Å². The molecule has 4 N–H and O–H groups in total. The number of anilines is 1. The minimum absolute atomic E-state index is 0.0256. The highest BCUT2D eigenvalue weighted by Crippen LogP contribution is 2.18. The van der Waals surface area contributed by atoms with Crippen molar-refractivity contribution in [2.24, 2.45) is 10.7 Å². The molecule has 1 atom stereocenters. The number of aliphatic imine (C=N–C) groups is 1. The van der Waals surface area contributed by atoms with Gasteiger partial charge in [0.25, 0.3) is 0 Å². The molecule has 31 heavy (non-hydrogen) atoms. The van der Waals surface area contributed by atoms with Gasteiger partial charge in [0, 0.05) is 25.3 Å². The summed E-state index contributed by atoms with van der Waals surface area (Å²) in [7, 11) is 1.57. The second kappa shape index (κ2) is 10.6. The van der Waals surface area contributed by atoms with Crippen LogP contribution in [0.15, 0.2) is 29.3 Å². The Morgan fingerprint density at radius 2 is 1.81 bits per heavy atom.